The normalized spacial score (nSPS) is 13.2. The van der Waals surface area contributed by atoms with E-state index in [-0.39, 0.29) is 23.1 Å². The molecule has 0 aliphatic carbocycles. The Bertz CT molecular complexity index is 1520. The van der Waals surface area contributed by atoms with Crippen LogP contribution in [0.1, 0.15) is 41.8 Å². The van der Waals surface area contributed by atoms with Crippen LogP contribution in [0.2, 0.25) is 5.02 Å². The van der Waals surface area contributed by atoms with Crippen molar-refractivity contribution in [2.45, 2.75) is 33.6 Å². The molecule has 3 aromatic rings. The Morgan fingerprint density at radius 1 is 0.902 bits per heavy atom. The summed E-state index contributed by atoms with van der Waals surface area (Å²) in [5, 5.41) is 5.92. The van der Waals surface area contributed by atoms with Crippen LogP contribution in [0, 0.1) is 12.8 Å². The van der Waals surface area contributed by atoms with Crippen molar-refractivity contribution in [1.82, 2.24) is 0 Å². The zero-order chi connectivity index (χ0) is 29.7. The van der Waals surface area contributed by atoms with Crippen LogP contribution in [0.4, 0.5) is 17.1 Å². The number of hydrogen-bond acceptors (Lipinski definition) is 6. The summed E-state index contributed by atoms with van der Waals surface area (Å²) in [6.07, 6.45) is 0.893. The molecule has 1 aliphatic heterocycles. The Labute approximate surface area is 248 Å². The maximum Gasteiger partial charge on any atom is 0.338 e. The zero-order valence-electron chi connectivity index (χ0n) is 22.8. The van der Waals surface area contributed by atoms with Crippen LogP contribution in [0.25, 0.3) is 0 Å². The van der Waals surface area contributed by atoms with Crippen molar-refractivity contribution in [3.05, 3.63) is 99.2 Å². The fourth-order valence-electron chi connectivity index (χ4n) is 4.07. The number of halogens is 2. The van der Waals surface area contributed by atoms with Crippen LogP contribution >= 0.6 is 23.2 Å². The topological polar surface area (TPSA) is 105 Å². The lowest BCUT2D eigenvalue weighted by Crippen LogP contribution is -2.32. The van der Waals surface area contributed by atoms with Crippen molar-refractivity contribution >= 4 is 64.0 Å². The Balaban J connectivity index is 1.33. The van der Waals surface area contributed by atoms with Gasteiger partial charge in [-0.3, -0.25) is 14.4 Å². The van der Waals surface area contributed by atoms with Gasteiger partial charge in [-0.25, -0.2) is 9.69 Å². The molecule has 8 nitrogen and oxygen atoms in total. The van der Waals surface area contributed by atoms with Gasteiger partial charge in [0.2, 0.25) is 5.91 Å². The number of nitrogens with one attached hydrogen (secondary N) is 2. The number of hydrogen-bond donors (Lipinski definition) is 2. The summed E-state index contributed by atoms with van der Waals surface area (Å²) in [5.74, 6) is -1.43. The van der Waals surface area contributed by atoms with E-state index in [2.05, 4.69) is 24.5 Å². The lowest BCUT2D eigenvalue weighted by Gasteiger charge is -2.18. The average Bonchev–Trinajstić information content (AvgIpc) is 3.14. The van der Waals surface area contributed by atoms with Gasteiger partial charge in [-0.2, -0.15) is 0 Å². The molecule has 0 saturated heterocycles. The fraction of sp³-hybridized carbons (Fsp3) is 0.226. The molecular weight excluding hydrogens is 565 g/mol. The largest absolute Gasteiger partial charge is 0.462 e. The van der Waals surface area contributed by atoms with E-state index >= 15 is 0 Å². The van der Waals surface area contributed by atoms with E-state index in [1.54, 1.807) is 73.7 Å². The van der Waals surface area contributed by atoms with Crippen molar-refractivity contribution in [2.24, 2.45) is 5.92 Å². The Hall–Kier alpha value is -4.14. The molecule has 2 N–H and O–H groups in total. The number of carbonyl (C=O) groups excluding carboxylic acids is 4. The first kappa shape index (κ1) is 29.8. The van der Waals surface area contributed by atoms with Gasteiger partial charge in [0.05, 0.1) is 24.3 Å². The predicted molar refractivity (Wildman–Crippen MR) is 160 cm³/mol. The highest BCUT2D eigenvalue weighted by Gasteiger charge is 2.39. The quantitative estimate of drug-likeness (QED) is 0.206. The molecule has 0 atom stereocenters. The molecule has 3 amide bonds. The van der Waals surface area contributed by atoms with Crippen molar-refractivity contribution < 1.29 is 23.9 Å². The number of rotatable bonds is 10. The number of amides is 3. The van der Waals surface area contributed by atoms with Gasteiger partial charge in [-0.05, 0) is 78.9 Å². The van der Waals surface area contributed by atoms with Crippen molar-refractivity contribution in [3.8, 4) is 0 Å². The summed E-state index contributed by atoms with van der Waals surface area (Å²) in [6.45, 7) is 6.20. The fourth-order valence-corrected chi connectivity index (χ4v) is 4.45. The number of imide groups is 1. The molecule has 1 aliphatic rings. The van der Waals surface area contributed by atoms with Crippen LogP contribution in [0.5, 0.6) is 0 Å². The molecular formula is C31H29Cl2N3O5. The minimum atomic E-state index is -0.645. The van der Waals surface area contributed by atoms with Crippen molar-refractivity contribution in [1.29, 1.82) is 0 Å². The highest BCUT2D eigenvalue weighted by Crippen LogP contribution is 2.34. The van der Waals surface area contributed by atoms with Crippen LogP contribution < -0.4 is 15.5 Å². The van der Waals surface area contributed by atoms with Crippen LogP contribution in [-0.2, 0) is 25.5 Å². The molecule has 3 aromatic carbocycles. The number of carbonyl (C=O) groups is 4. The van der Waals surface area contributed by atoms with Crippen LogP contribution in [-0.4, -0.2) is 30.3 Å². The summed E-state index contributed by atoms with van der Waals surface area (Å²) >= 11 is 12.4. The Kier molecular flexibility index (Phi) is 9.47. The van der Waals surface area contributed by atoms with E-state index in [1.165, 1.54) is 0 Å². The smallest absolute Gasteiger partial charge is 0.338 e. The summed E-state index contributed by atoms with van der Waals surface area (Å²) in [7, 11) is 0. The van der Waals surface area contributed by atoms with Gasteiger partial charge >= 0.3 is 5.97 Å². The number of nitrogens with zero attached hydrogens (tertiary/aromatic N) is 1. The lowest BCUT2D eigenvalue weighted by molar-refractivity contribution is -0.120. The van der Waals surface area contributed by atoms with E-state index in [0.717, 1.165) is 16.9 Å². The summed E-state index contributed by atoms with van der Waals surface area (Å²) in [6, 6.07) is 18.3. The lowest BCUT2D eigenvalue weighted by atomic mass is 10.1. The number of benzene rings is 3. The maximum absolute atomic E-state index is 13.1. The van der Waals surface area contributed by atoms with Gasteiger partial charge in [-0.15, -0.1) is 0 Å². The molecule has 0 radical (unpaired) electrons. The summed E-state index contributed by atoms with van der Waals surface area (Å²) < 4.78 is 5.26. The molecule has 4 rings (SSSR count). The predicted octanol–water partition coefficient (Wildman–Crippen LogP) is 6.47. The summed E-state index contributed by atoms with van der Waals surface area (Å²) in [5.41, 5.74) is 3.11. The zero-order valence-corrected chi connectivity index (χ0v) is 24.3. The number of ether oxygens (including phenoxy) is 1. The average molecular weight is 594 g/mol. The molecule has 41 heavy (non-hydrogen) atoms. The molecule has 0 fully saturated rings. The van der Waals surface area contributed by atoms with Crippen LogP contribution in [0.15, 0.2) is 77.5 Å². The Morgan fingerprint density at radius 3 is 2.22 bits per heavy atom. The minimum Gasteiger partial charge on any atom is -0.462 e. The first-order valence-electron chi connectivity index (χ1n) is 13.0. The second-order valence-electron chi connectivity index (χ2n) is 9.96. The van der Waals surface area contributed by atoms with Gasteiger partial charge in [0.15, 0.2) is 0 Å². The molecule has 212 valence electrons. The standard InChI is InChI=1S/C31H29Cl2N3O5/c1-18(2)15-16-41-31(40)21-9-13-22(14-10-21)34-26(37)17-20-7-11-23(12-8-20)35-28-27(33)29(38)36(30(28)39)25-6-4-5-24(32)19(25)3/h4-14,18,35H,15-17H2,1-3H3,(H,34,37). The van der Waals surface area contributed by atoms with Crippen LogP contribution in [0.3, 0.4) is 0 Å². The van der Waals surface area contributed by atoms with Gasteiger partial charge in [0.1, 0.15) is 10.7 Å². The second-order valence-corrected chi connectivity index (χ2v) is 10.7. The highest BCUT2D eigenvalue weighted by molar-refractivity contribution is 6.53. The second kappa shape index (κ2) is 13.0. The van der Waals surface area contributed by atoms with Gasteiger partial charge < -0.3 is 15.4 Å². The van der Waals surface area contributed by atoms with E-state index in [9.17, 15) is 19.2 Å². The number of esters is 1. The van der Waals surface area contributed by atoms with E-state index in [0.29, 0.717) is 45.7 Å². The highest BCUT2D eigenvalue weighted by atomic mass is 35.5. The molecule has 0 saturated carbocycles. The Morgan fingerprint density at radius 2 is 1.56 bits per heavy atom. The number of anilines is 3. The first-order valence-corrected chi connectivity index (χ1v) is 13.8. The SMILES string of the molecule is Cc1c(Cl)cccc1N1C(=O)C(Cl)=C(Nc2ccc(CC(=O)Nc3ccc(C(=O)OCCC(C)C)cc3)cc2)C1=O. The van der Waals surface area contributed by atoms with Crippen molar-refractivity contribution in [3.63, 3.8) is 0 Å². The van der Waals surface area contributed by atoms with E-state index in [1.807, 2.05) is 0 Å². The van der Waals surface area contributed by atoms with E-state index < -0.39 is 17.8 Å². The molecule has 0 aromatic heterocycles. The van der Waals surface area contributed by atoms with Gasteiger partial charge in [-0.1, -0.05) is 55.2 Å². The van der Waals surface area contributed by atoms with Gasteiger partial charge in [0, 0.05) is 16.4 Å². The first-order chi connectivity index (χ1) is 19.5. The maximum atomic E-state index is 13.1. The monoisotopic (exact) mass is 593 g/mol. The van der Waals surface area contributed by atoms with Crippen molar-refractivity contribution in [2.75, 3.05) is 22.1 Å². The third kappa shape index (κ3) is 7.14. The molecule has 0 unspecified atom stereocenters. The minimum absolute atomic E-state index is 0.0474. The third-order valence-electron chi connectivity index (χ3n) is 6.43. The van der Waals surface area contributed by atoms with Gasteiger partial charge in [0.25, 0.3) is 11.8 Å². The third-order valence-corrected chi connectivity index (χ3v) is 7.19. The summed E-state index contributed by atoms with van der Waals surface area (Å²) in [4.78, 5) is 51.6. The molecule has 1 heterocycles. The molecule has 10 heteroatoms. The van der Waals surface area contributed by atoms with E-state index in [4.69, 9.17) is 27.9 Å². The molecule has 0 bridgehead atoms. The molecule has 0 spiro atoms.